The van der Waals surface area contributed by atoms with E-state index in [1.165, 1.54) is 0 Å². The zero-order valence-corrected chi connectivity index (χ0v) is 17.0. The molecular formula is C15H35IN4O2. The molecule has 0 bridgehead atoms. The number of nitrogens with zero attached hydrogens (tertiary/aromatic N) is 2. The fourth-order valence-electron chi connectivity index (χ4n) is 1.76. The van der Waals surface area contributed by atoms with Crippen molar-refractivity contribution in [1.82, 2.24) is 15.5 Å². The summed E-state index contributed by atoms with van der Waals surface area (Å²) in [5, 5.41) is 6.62. The van der Waals surface area contributed by atoms with E-state index < -0.39 is 0 Å². The second-order valence-corrected chi connectivity index (χ2v) is 4.89. The lowest BCUT2D eigenvalue weighted by atomic mass is 10.4. The molecule has 0 aliphatic rings. The molecule has 0 spiro atoms. The number of ether oxygens (including phenoxy) is 2. The van der Waals surface area contributed by atoms with E-state index in [1.807, 2.05) is 6.92 Å². The maximum Gasteiger partial charge on any atom is 0.191 e. The van der Waals surface area contributed by atoms with E-state index in [2.05, 4.69) is 34.5 Å². The molecular weight excluding hydrogens is 395 g/mol. The molecule has 0 radical (unpaired) electrons. The topological polar surface area (TPSA) is 58.1 Å². The van der Waals surface area contributed by atoms with Crippen molar-refractivity contribution in [3.8, 4) is 0 Å². The largest absolute Gasteiger partial charge is 0.383 e. The Morgan fingerprint density at radius 3 is 2.50 bits per heavy atom. The van der Waals surface area contributed by atoms with Crippen molar-refractivity contribution in [2.24, 2.45) is 4.99 Å². The van der Waals surface area contributed by atoms with Gasteiger partial charge in [0.1, 0.15) is 0 Å². The summed E-state index contributed by atoms with van der Waals surface area (Å²) in [6, 6.07) is 0. The third-order valence-electron chi connectivity index (χ3n) is 2.95. The molecule has 0 aromatic carbocycles. The van der Waals surface area contributed by atoms with Gasteiger partial charge in [-0.3, -0.25) is 4.99 Å². The number of likely N-dealkylation sites (N-methyl/N-ethyl adjacent to an activating group) is 1. The van der Waals surface area contributed by atoms with E-state index in [0.29, 0.717) is 0 Å². The fourth-order valence-corrected chi connectivity index (χ4v) is 1.76. The minimum absolute atomic E-state index is 0. The molecule has 0 amide bonds. The zero-order chi connectivity index (χ0) is 15.8. The number of nitrogens with one attached hydrogen (secondary N) is 2. The van der Waals surface area contributed by atoms with E-state index >= 15 is 0 Å². The summed E-state index contributed by atoms with van der Waals surface area (Å²) in [4.78, 5) is 6.81. The fraction of sp³-hybridized carbons (Fsp3) is 0.933. The second-order valence-electron chi connectivity index (χ2n) is 4.89. The number of hydrogen-bond donors (Lipinski definition) is 2. The summed E-state index contributed by atoms with van der Waals surface area (Å²) in [7, 11) is 3.85. The zero-order valence-electron chi connectivity index (χ0n) is 14.7. The van der Waals surface area contributed by atoms with E-state index in [9.17, 15) is 0 Å². The van der Waals surface area contributed by atoms with Gasteiger partial charge in [-0.1, -0.05) is 0 Å². The van der Waals surface area contributed by atoms with Gasteiger partial charge >= 0.3 is 0 Å². The van der Waals surface area contributed by atoms with Crippen molar-refractivity contribution < 1.29 is 9.47 Å². The van der Waals surface area contributed by atoms with E-state index in [0.717, 1.165) is 71.3 Å². The van der Waals surface area contributed by atoms with Crippen molar-refractivity contribution in [3.63, 3.8) is 0 Å². The molecule has 6 nitrogen and oxygen atoms in total. The maximum atomic E-state index is 5.31. The first kappa shape index (κ1) is 24.1. The van der Waals surface area contributed by atoms with Crippen LogP contribution in [0.3, 0.4) is 0 Å². The van der Waals surface area contributed by atoms with E-state index in [1.54, 1.807) is 7.11 Å². The molecule has 0 atom stereocenters. The van der Waals surface area contributed by atoms with Gasteiger partial charge in [0.05, 0.1) is 6.61 Å². The van der Waals surface area contributed by atoms with Crippen LogP contribution in [0, 0.1) is 0 Å². The van der Waals surface area contributed by atoms with Crippen LogP contribution < -0.4 is 10.6 Å². The van der Waals surface area contributed by atoms with Crippen LogP contribution >= 0.6 is 24.0 Å². The smallest absolute Gasteiger partial charge is 0.191 e. The van der Waals surface area contributed by atoms with Gasteiger partial charge in [-0.05, 0) is 40.3 Å². The maximum absolute atomic E-state index is 5.31. The molecule has 7 heteroatoms. The van der Waals surface area contributed by atoms with Crippen LogP contribution in [0.15, 0.2) is 4.99 Å². The van der Waals surface area contributed by atoms with E-state index in [-0.39, 0.29) is 24.0 Å². The molecule has 0 aliphatic heterocycles. The van der Waals surface area contributed by atoms with Crippen LogP contribution in [0.5, 0.6) is 0 Å². The Kier molecular flexibility index (Phi) is 20.8. The highest BCUT2D eigenvalue weighted by atomic mass is 127. The third-order valence-corrected chi connectivity index (χ3v) is 2.95. The summed E-state index contributed by atoms with van der Waals surface area (Å²) >= 11 is 0. The van der Waals surface area contributed by atoms with Gasteiger partial charge in [-0.25, -0.2) is 0 Å². The Hall–Kier alpha value is -0.120. The molecule has 0 fully saturated rings. The van der Waals surface area contributed by atoms with Crippen molar-refractivity contribution in [1.29, 1.82) is 0 Å². The highest BCUT2D eigenvalue weighted by Gasteiger charge is 1.99. The lowest BCUT2D eigenvalue weighted by Crippen LogP contribution is -2.38. The van der Waals surface area contributed by atoms with Crippen molar-refractivity contribution >= 4 is 29.9 Å². The van der Waals surface area contributed by atoms with Crippen LogP contribution in [0.25, 0.3) is 0 Å². The van der Waals surface area contributed by atoms with Gasteiger partial charge in [0.25, 0.3) is 0 Å². The third kappa shape index (κ3) is 16.3. The first-order chi connectivity index (χ1) is 10.2. The molecule has 0 unspecified atom stereocenters. The highest BCUT2D eigenvalue weighted by molar-refractivity contribution is 14.0. The molecule has 134 valence electrons. The summed E-state index contributed by atoms with van der Waals surface area (Å²) < 4.78 is 10.4. The van der Waals surface area contributed by atoms with Crippen LogP contribution in [-0.2, 0) is 9.47 Å². The molecule has 0 aromatic heterocycles. The highest BCUT2D eigenvalue weighted by Crippen LogP contribution is 1.88. The molecule has 0 aliphatic carbocycles. The SMILES string of the molecule is CCNC(=NCCCOCC)NCCCN(C)CCOC.I. The molecule has 0 rings (SSSR count). The molecule has 2 N–H and O–H groups in total. The predicted octanol–water partition coefficient (Wildman–Crippen LogP) is 1.55. The van der Waals surface area contributed by atoms with Crippen LogP contribution in [0.4, 0.5) is 0 Å². The molecule has 22 heavy (non-hydrogen) atoms. The van der Waals surface area contributed by atoms with Crippen molar-refractivity contribution in [2.45, 2.75) is 26.7 Å². The summed E-state index contributed by atoms with van der Waals surface area (Å²) in [6.07, 6.45) is 2.05. The summed E-state index contributed by atoms with van der Waals surface area (Å²) in [5.74, 6) is 0.897. The Labute approximate surface area is 153 Å². The molecule has 0 saturated carbocycles. The second kappa shape index (κ2) is 18.9. The number of rotatable bonds is 13. The Morgan fingerprint density at radius 1 is 1.09 bits per heavy atom. The average Bonchev–Trinajstić information content (AvgIpc) is 2.49. The van der Waals surface area contributed by atoms with Gasteiger partial charge in [-0.15, -0.1) is 24.0 Å². The van der Waals surface area contributed by atoms with Gasteiger partial charge < -0.3 is 25.0 Å². The van der Waals surface area contributed by atoms with Gasteiger partial charge in [0.2, 0.25) is 0 Å². The Bertz CT molecular complexity index is 256. The monoisotopic (exact) mass is 430 g/mol. The standard InChI is InChI=1S/C15H34N4O2.HI/c1-5-16-15(18-10-8-13-21-6-2)17-9-7-11-19(3)12-14-20-4;/h5-14H2,1-4H3,(H2,16,17,18);1H. The number of guanidine groups is 1. The Balaban J connectivity index is 0. The predicted molar refractivity (Wildman–Crippen MR) is 104 cm³/mol. The van der Waals surface area contributed by atoms with Gasteiger partial charge in [0, 0.05) is 46.5 Å². The quantitative estimate of drug-likeness (QED) is 0.201. The number of methoxy groups -OCH3 is 1. The lowest BCUT2D eigenvalue weighted by Gasteiger charge is -2.16. The average molecular weight is 430 g/mol. The Morgan fingerprint density at radius 2 is 1.86 bits per heavy atom. The van der Waals surface area contributed by atoms with Crippen molar-refractivity contribution in [3.05, 3.63) is 0 Å². The molecule has 0 aromatic rings. The summed E-state index contributed by atoms with van der Waals surface area (Å²) in [6.45, 7) is 11.1. The number of aliphatic imine (C=N–C) groups is 1. The van der Waals surface area contributed by atoms with Crippen LogP contribution in [0.1, 0.15) is 26.7 Å². The van der Waals surface area contributed by atoms with E-state index in [4.69, 9.17) is 9.47 Å². The molecule has 0 heterocycles. The van der Waals surface area contributed by atoms with Gasteiger partial charge in [0.15, 0.2) is 5.96 Å². The minimum atomic E-state index is 0. The first-order valence-electron chi connectivity index (χ1n) is 8.02. The first-order valence-corrected chi connectivity index (χ1v) is 8.02. The van der Waals surface area contributed by atoms with Crippen molar-refractivity contribution in [2.75, 3.05) is 66.7 Å². The van der Waals surface area contributed by atoms with Crippen LogP contribution in [-0.4, -0.2) is 77.6 Å². The van der Waals surface area contributed by atoms with Gasteiger partial charge in [-0.2, -0.15) is 0 Å². The van der Waals surface area contributed by atoms with Crippen LogP contribution in [0.2, 0.25) is 0 Å². The number of hydrogen-bond acceptors (Lipinski definition) is 4. The lowest BCUT2D eigenvalue weighted by molar-refractivity contribution is 0.146. The summed E-state index contributed by atoms with van der Waals surface area (Å²) in [5.41, 5.74) is 0. The molecule has 0 saturated heterocycles. The number of halogens is 1. The minimum Gasteiger partial charge on any atom is -0.383 e. The normalized spacial score (nSPS) is 11.4.